The molecule has 0 aromatic heterocycles. The SMILES string of the molecule is CCC(C1CCNCC1)C1(C)CC12CCNCC2. The molecule has 2 heteroatoms. The summed E-state index contributed by atoms with van der Waals surface area (Å²) in [4.78, 5) is 0. The van der Waals surface area contributed by atoms with Crippen LogP contribution in [-0.2, 0) is 0 Å². The van der Waals surface area contributed by atoms with E-state index >= 15 is 0 Å². The van der Waals surface area contributed by atoms with Gasteiger partial charge in [0, 0.05) is 0 Å². The van der Waals surface area contributed by atoms with Crippen LogP contribution >= 0.6 is 0 Å². The first-order valence-electron chi connectivity index (χ1n) is 8.13. The van der Waals surface area contributed by atoms with Gasteiger partial charge < -0.3 is 10.6 Å². The van der Waals surface area contributed by atoms with Crippen LogP contribution in [0.4, 0.5) is 0 Å². The molecule has 0 aromatic carbocycles. The molecular formula is C16H30N2. The average Bonchev–Trinajstić information content (AvgIpc) is 2.96. The maximum atomic E-state index is 3.54. The van der Waals surface area contributed by atoms with Gasteiger partial charge in [-0.15, -0.1) is 0 Å². The molecule has 3 rings (SSSR count). The number of piperidine rings is 2. The van der Waals surface area contributed by atoms with Crippen molar-refractivity contribution < 1.29 is 0 Å². The summed E-state index contributed by atoms with van der Waals surface area (Å²) in [6, 6.07) is 0. The molecule has 18 heavy (non-hydrogen) atoms. The molecule has 2 aliphatic heterocycles. The topological polar surface area (TPSA) is 24.1 Å². The third-order valence-electron chi connectivity index (χ3n) is 6.56. The Kier molecular flexibility index (Phi) is 3.44. The van der Waals surface area contributed by atoms with Crippen LogP contribution in [0.25, 0.3) is 0 Å². The highest BCUT2D eigenvalue weighted by Gasteiger charge is 2.66. The van der Waals surface area contributed by atoms with Gasteiger partial charge in [0.2, 0.25) is 0 Å². The molecule has 2 N–H and O–H groups in total. The van der Waals surface area contributed by atoms with E-state index in [1.165, 1.54) is 64.7 Å². The molecule has 2 unspecified atom stereocenters. The van der Waals surface area contributed by atoms with E-state index in [2.05, 4.69) is 24.5 Å². The smallest absolute Gasteiger partial charge is 0.00434 e. The summed E-state index contributed by atoms with van der Waals surface area (Å²) in [7, 11) is 0. The maximum absolute atomic E-state index is 3.54. The van der Waals surface area contributed by atoms with E-state index in [4.69, 9.17) is 0 Å². The molecule has 0 radical (unpaired) electrons. The molecule has 1 saturated carbocycles. The Morgan fingerprint density at radius 2 is 1.67 bits per heavy atom. The van der Waals surface area contributed by atoms with Crippen molar-refractivity contribution in [3.8, 4) is 0 Å². The molecule has 0 amide bonds. The van der Waals surface area contributed by atoms with Gasteiger partial charge in [-0.1, -0.05) is 20.3 Å². The van der Waals surface area contributed by atoms with E-state index in [1.54, 1.807) is 0 Å². The fourth-order valence-corrected chi connectivity index (χ4v) is 5.39. The van der Waals surface area contributed by atoms with Gasteiger partial charge in [0.25, 0.3) is 0 Å². The lowest BCUT2D eigenvalue weighted by Crippen LogP contribution is -2.38. The van der Waals surface area contributed by atoms with E-state index < -0.39 is 0 Å². The van der Waals surface area contributed by atoms with Crippen LogP contribution in [-0.4, -0.2) is 26.2 Å². The second kappa shape index (κ2) is 4.79. The summed E-state index contributed by atoms with van der Waals surface area (Å²) in [6.07, 6.45) is 8.63. The summed E-state index contributed by atoms with van der Waals surface area (Å²) in [5, 5.41) is 7.07. The molecule has 3 aliphatic rings. The summed E-state index contributed by atoms with van der Waals surface area (Å²) < 4.78 is 0. The van der Waals surface area contributed by atoms with Gasteiger partial charge >= 0.3 is 0 Å². The lowest BCUT2D eigenvalue weighted by Gasteiger charge is -2.39. The van der Waals surface area contributed by atoms with Crippen LogP contribution in [0.3, 0.4) is 0 Å². The van der Waals surface area contributed by atoms with Gasteiger partial charge in [0.1, 0.15) is 0 Å². The Labute approximate surface area is 112 Å². The minimum Gasteiger partial charge on any atom is -0.317 e. The second-order valence-electron chi connectivity index (χ2n) is 7.23. The molecule has 2 heterocycles. The van der Waals surface area contributed by atoms with E-state index in [-0.39, 0.29) is 0 Å². The minimum atomic E-state index is 0.672. The molecule has 2 nitrogen and oxygen atoms in total. The van der Waals surface area contributed by atoms with E-state index in [0.29, 0.717) is 5.41 Å². The monoisotopic (exact) mass is 250 g/mol. The fraction of sp³-hybridized carbons (Fsp3) is 1.00. The third kappa shape index (κ3) is 1.92. The van der Waals surface area contributed by atoms with E-state index in [9.17, 15) is 0 Å². The van der Waals surface area contributed by atoms with Crippen molar-refractivity contribution in [2.75, 3.05) is 26.2 Å². The van der Waals surface area contributed by atoms with Crippen molar-refractivity contribution in [3.63, 3.8) is 0 Å². The van der Waals surface area contributed by atoms with Crippen LogP contribution in [0.5, 0.6) is 0 Å². The van der Waals surface area contributed by atoms with Gasteiger partial charge in [-0.05, 0) is 80.9 Å². The van der Waals surface area contributed by atoms with Crippen molar-refractivity contribution in [2.45, 2.75) is 52.4 Å². The van der Waals surface area contributed by atoms with Crippen LogP contribution < -0.4 is 10.6 Å². The molecule has 1 spiro atoms. The lowest BCUT2D eigenvalue weighted by molar-refractivity contribution is 0.121. The molecule has 1 aliphatic carbocycles. The quantitative estimate of drug-likeness (QED) is 0.805. The first-order valence-corrected chi connectivity index (χ1v) is 8.13. The molecule has 104 valence electrons. The van der Waals surface area contributed by atoms with E-state index in [0.717, 1.165) is 17.3 Å². The minimum absolute atomic E-state index is 0.672. The predicted octanol–water partition coefficient (Wildman–Crippen LogP) is 2.79. The second-order valence-corrected chi connectivity index (χ2v) is 7.23. The van der Waals surface area contributed by atoms with Crippen molar-refractivity contribution in [1.82, 2.24) is 10.6 Å². The number of hydrogen-bond donors (Lipinski definition) is 2. The highest BCUT2D eigenvalue weighted by atomic mass is 14.9. The number of nitrogens with one attached hydrogen (secondary N) is 2. The Morgan fingerprint density at radius 1 is 1.06 bits per heavy atom. The highest BCUT2D eigenvalue weighted by molar-refractivity contribution is 5.16. The van der Waals surface area contributed by atoms with Gasteiger partial charge in [0.15, 0.2) is 0 Å². The zero-order valence-electron chi connectivity index (χ0n) is 12.2. The third-order valence-corrected chi connectivity index (χ3v) is 6.56. The Morgan fingerprint density at radius 3 is 2.28 bits per heavy atom. The average molecular weight is 250 g/mol. The predicted molar refractivity (Wildman–Crippen MR) is 76.6 cm³/mol. The van der Waals surface area contributed by atoms with Gasteiger partial charge in [-0.25, -0.2) is 0 Å². The zero-order chi connectivity index (χ0) is 12.6. The first kappa shape index (κ1) is 12.9. The maximum Gasteiger partial charge on any atom is -0.00434 e. The van der Waals surface area contributed by atoms with Crippen LogP contribution in [0, 0.1) is 22.7 Å². The van der Waals surface area contributed by atoms with Crippen molar-refractivity contribution in [1.29, 1.82) is 0 Å². The van der Waals surface area contributed by atoms with Crippen molar-refractivity contribution >= 4 is 0 Å². The van der Waals surface area contributed by atoms with Crippen molar-refractivity contribution in [3.05, 3.63) is 0 Å². The van der Waals surface area contributed by atoms with Crippen LogP contribution in [0.1, 0.15) is 52.4 Å². The van der Waals surface area contributed by atoms with Gasteiger partial charge in [-0.2, -0.15) is 0 Å². The Bertz CT molecular complexity index is 289. The Hall–Kier alpha value is -0.0800. The molecule has 0 aromatic rings. The fourth-order valence-electron chi connectivity index (χ4n) is 5.39. The standard InChI is InChI=1S/C16H30N2/c1-3-14(13-4-8-17-9-5-13)15(2)12-16(15)6-10-18-11-7-16/h13-14,17-18H,3-12H2,1-2H3. The lowest BCUT2D eigenvalue weighted by atomic mass is 9.69. The largest absolute Gasteiger partial charge is 0.317 e. The molecular weight excluding hydrogens is 220 g/mol. The Balaban J connectivity index is 1.71. The van der Waals surface area contributed by atoms with Crippen LogP contribution in [0.2, 0.25) is 0 Å². The van der Waals surface area contributed by atoms with Gasteiger partial charge in [0.05, 0.1) is 0 Å². The first-order chi connectivity index (χ1) is 8.72. The normalized spacial score (nSPS) is 37.7. The number of rotatable bonds is 3. The van der Waals surface area contributed by atoms with E-state index in [1.807, 2.05) is 0 Å². The molecule has 2 atom stereocenters. The van der Waals surface area contributed by atoms with Gasteiger partial charge in [-0.3, -0.25) is 0 Å². The molecule has 0 bridgehead atoms. The zero-order valence-corrected chi connectivity index (χ0v) is 12.2. The molecule has 3 fully saturated rings. The summed E-state index contributed by atoms with van der Waals surface area (Å²) in [6.45, 7) is 10.1. The molecule has 2 saturated heterocycles. The van der Waals surface area contributed by atoms with Crippen LogP contribution in [0.15, 0.2) is 0 Å². The summed E-state index contributed by atoms with van der Waals surface area (Å²) in [5.74, 6) is 1.98. The summed E-state index contributed by atoms with van der Waals surface area (Å²) in [5.41, 5.74) is 1.40. The number of hydrogen-bond acceptors (Lipinski definition) is 2. The van der Waals surface area contributed by atoms with Crippen molar-refractivity contribution in [2.24, 2.45) is 22.7 Å². The highest BCUT2D eigenvalue weighted by Crippen LogP contribution is 2.73. The summed E-state index contributed by atoms with van der Waals surface area (Å²) >= 11 is 0.